The van der Waals surface area contributed by atoms with E-state index in [0.717, 1.165) is 5.56 Å². The summed E-state index contributed by atoms with van der Waals surface area (Å²) < 4.78 is 30.2. The molecule has 0 saturated carbocycles. The number of furan rings is 1. The number of rotatable bonds is 7. The van der Waals surface area contributed by atoms with Gasteiger partial charge in [0.15, 0.2) is 9.84 Å². The lowest BCUT2D eigenvalue weighted by atomic mass is 10.1. The van der Waals surface area contributed by atoms with Crippen molar-refractivity contribution >= 4 is 33.4 Å². The molecule has 2 aromatic carbocycles. The van der Waals surface area contributed by atoms with Crippen LogP contribution >= 0.6 is 0 Å². The van der Waals surface area contributed by atoms with Gasteiger partial charge in [0.1, 0.15) is 22.6 Å². The number of amides is 2. The first-order chi connectivity index (χ1) is 17.1. The van der Waals surface area contributed by atoms with E-state index in [4.69, 9.17) is 4.42 Å². The molecule has 1 unspecified atom stereocenters. The van der Waals surface area contributed by atoms with Gasteiger partial charge in [-0.05, 0) is 56.2 Å². The molecule has 4 rings (SSSR count). The maximum Gasteiger partial charge on any atom is 0.269 e. The van der Waals surface area contributed by atoms with Crippen molar-refractivity contribution in [2.45, 2.75) is 25.1 Å². The Morgan fingerprint density at radius 2 is 1.75 bits per heavy atom. The molecule has 0 spiro atoms. The maximum atomic E-state index is 13.0. The second-order valence-electron chi connectivity index (χ2n) is 8.36. The van der Waals surface area contributed by atoms with Crippen LogP contribution in [0.4, 0.5) is 5.69 Å². The molecule has 2 N–H and O–H groups in total. The normalized spacial score (nSPS) is 16.9. The minimum atomic E-state index is -3.46. The Labute approximate surface area is 207 Å². The van der Waals surface area contributed by atoms with Crippen LogP contribution in [0.15, 0.2) is 70.8 Å². The Bertz CT molecular complexity index is 1440. The molecule has 10 nitrogen and oxygen atoms in total. The lowest BCUT2D eigenvalue weighted by molar-refractivity contribution is -0.384. The van der Waals surface area contributed by atoms with Crippen molar-refractivity contribution in [2.24, 2.45) is 0 Å². The number of hydrogen-bond acceptors (Lipinski definition) is 7. The summed E-state index contributed by atoms with van der Waals surface area (Å²) in [6, 6.07) is 15.7. The fraction of sp³-hybridized carbons (Fsp3) is 0.200. The topological polar surface area (TPSA) is 149 Å². The lowest BCUT2D eigenvalue weighted by Crippen LogP contribution is -2.42. The molecule has 1 atom stereocenters. The van der Waals surface area contributed by atoms with Crippen molar-refractivity contribution in [3.05, 3.63) is 93.4 Å². The smallest absolute Gasteiger partial charge is 0.269 e. The average molecular weight is 510 g/mol. The summed E-state index contributed by atoms with van der Waals surface area (Å²) in [5, 5.41) is 14.9. The van der Waals surface area contributed by atoms with Crippen molar-refractivity contribution in [2.75, 3.05) is 5.75 Å². The second-order valence-corrected chi connectivity index (χ2v) is 10.7. The van der Waals surface area contributed by atoms with Crippen LogP contribution in [0.1, 0.15) is 34.5 Å². The van der Waals surface area contributed by atoms with E-state index < -0.39 is 31.9 Å². The molecule has 1 saturated heterocycles. The zero-order valence-electron chi connectivity index (χ0n) is 19.3. The number of carbonyl (C=O) groups excluding carboxylic acids is 2. The van der Waals surface area contributed by atoms with Crippen molar-refractivity contribution in [3.63, 3.8) is 0 Å². The summed E-state index contributed by atoms with van der Waals surface area (Å²) in [6.07, 6.45) is 2.04. The molecule has 3 aromatic rings. The molecular formula is C25H23N3O7S. The Balaban J connectivity index is 1.61. The maximum absolute atomic E-state index is 13.0. The first-order valence-electron chi connectivity index (χ1n) is 11.1. The van der Waals surface area contributed by atoms with Crippen LogP contribution in [0, 0.1) is 17.0 Å². The number of nitro groups is 1. The van der Waals surface area contributed by atoms with Gasteiger partial charge in [-0.1, -0.05) is 17.7 Å². The minimum Gasteiger partial charge on any atom is -0.457 e. The van der Waals surface area contributed by atoms with Gasteiger partial charge >= 0.3 is 0 Å². The summed E-state index contributed by atoms with van der Waals surface area (Å²) in [7, 11) is -3.46. The average Bonchev–Trinajstić information content (AvgIpc) is 3.45. The summed E-state index contributed by atoms with van der Waals surface area (Å²) in [6.45, 7) is 1.88. The molecule has 0 radical (unpaired) electrons. The highest BCUT2D eigenvalue weighted by atomic mass is 32.2. The van der Waals surface area contributed by atoms with E-state index in [1.165, 1.54) is 30.3 Å². The number of nitrogens with zero attached hydrogens (tertiary/aromatic N) is 1. The quantitative estimate of drug-likeness (QED) is 0.281. The number of nitro benzene ring substituents is 1. The highest BCUT2D eigenvalue weighted by Crippen LogP contribution is 2.25. The number of aryl methyl sites for hydroxylation is 1. The largest absolute Gasteiger partial charge is 0.457 e. The van der Waals surface area contributed by atoms with E-state index in [9.17, 15) is 28.1 Å². The van der Waals surface area contributed by atoms with Gasteiger partial charge < -0.3 is 15.1 Å². The van der Waals surface area contributed by atoms with Crippen LogP contribution in [-0.4, -0.2) is 36.3 Å². The monoisotopic (exact) mass is 509 g/mol. The molecule has 1 aromatic heterocycles. The fourth-order valence-electron chi connectivity index (χ4n) is 3.71. The molecule has 36 heavy (non-hydrogen) atoms. The third kappa shape index (κ3) is 5.69. The number of nitrogens with one attached hydrogen (secondary N) is 2. The molecule has 186 valence electrons. The Kier molecular flexibility index (Phi) is 7.02. The molecule has 0 aliphatic carbocycles. The van der Waals surface area contributed by atoms with Crippen LogP contribution < -0.4 is 10.6 Å². The van der Waals surface area contributed by atoms with E-state index in [1.807, 2.05) is 6.92 Å². The number of hydrogen-bond donors (Lipinski definition) is 2. The standard InChI is InChI=1S/C25H23N3O7S/c1-16-4-6-18(7-5-16)24(29)26-21(25(30)27-23-3-2-14-36(23,33)34)15-20-12-13-22(35-20)17-8-10-19(11-9-17)28(31)32/h4-13,15,23H,2-3,14H2,1H3,(H,26,29)(H,27,30). The predicted octanol–water partition coefficient (Wildman–Crippen LogP) is 3.59. The van der Waals surface area contributed by atoms with E-state index in [-0.39, 0.29) is 29.3 Å². The van der Waals surface area contributed by atoms with Crippen LogP contribution in [0.5, 0.6) is 0 Å². The third-order valence-electron chi connectivity index (χ3n) is 5.70. The lowest BCUT2D eigenvalue weighted by Gasteiger charge is -2.15. The fourth-order valence-corrected chi connectivity index (χ4v) is 5.38. The first kappa shape index (κ1) is 24.9. The van der Waals surface area contributed by atoms with Crippen molar-refractivity contribution in [1.82, 2.24) is 10.6 Å². The molecule has 2 amide bonds. The van der Waals surface area contributed by atoms with E-state index >= 15 is 0 Å². The second kappa shape index (κ2) is 10.2. The van der Waals surface area contributed by atoms with E-state index in [2.05, 4.69) is 10.6 Å². The van der Waals surface area contributed by atoms with Gasteiger partial charge in [-0.3, -0.25) is 19.7 Å². The van der Waals surface area contributed by atoms with Crippen molar-refractivity contribution in [1.29, 1.82) is 0 Å². The number of non-ortho nitro benzene ring substituents is 1. The molecule has 1 aliphatic heterocycles. The van der Waals surface area contributed by atoms with Gasteiger partial charge in [0.25, 0.3) is 17.5 Å². The van der Waals surface area contributed by atoms with Crippen LogP contribution in [-0.2, 0) is 14.6 Å². The van der Waals surface area contributed by atoms with Gasteiger partial charge in [0.2, 0.25) is 0 Å². The Hall–Kier alpha value is -4.25. The van der Waals surface area contributed by atoms with Crippen molar-refractivity contribution in [3.8, 4) is 11.3 Å². The van der Waals surface area contributed by atoms with Crippen LogP contribution in [0.25, 0.3) is 17.4 Å². The zero-order valence-corrected chi connectivity index (χ0v) is 20.1. The molecule has 0 bridgehead atoms. The number of benzene rings is 2. The Morgan fingerprint density at radius 3 is 2.36 bits per heavy atom. The summed E-state index contributed by atoms with van der Waals surface area (Å²) in [5.41, 5.74) is 1.60. The number of carbonyl (C=O) groups is 2. The molecule has 1 aliphatic rings. The first-order valence-corrected chi connectivity index (χ1v) is 12.8. The van der Waals surface area contributed by atoms with Crippen molar-refractivity contribution < 1.29 is 27.3 Å². The summed E-state index contributed by atoms with van der Waals surface area (Å²) >= 11 is 0. The van der Waals surface area contributed by atoms with E-state index in [0.29, 0.717) is 23.3 Å². The molecule has 11 heteroatoms. The van der Waals surface area contributed by atoms with Crippen LogP contribution in [0.2, 0.25) is 0 Å². The predicted molar refractivity (Wildman–Crippen MR) is 132 cm³/mol. The highest BCUT2D eigenvalue weighted by Gasteiger charge is 2.33. The van der Waals surface area contributed by atoms with E-state index in [1.54, 1.807) is 36.4 Å². The third-order valence-corrected chi connectivity index (χ3v) is 7.78. The Morgan fingerprint density at radius 1 is 1.06 bits per heavy atom. The molecule has 2 heterocycles. The summed E-state index contributed by atoms with van der Waals surface area (Å²) in [5.74, 6) is -0.720. The van der Waals surface area contributed by atoms with Gasteiger partial charge in [-0.15, -0.1) is 0 Å². The molecular weight excluding hydrogens is 486 g/mol. The molecule has 1 fully saturated rings. The van der Waals surface area contributed by atoms with Gasteiger partial charge in [-0.25, -0.2) is 8.42 Å². The van der Waals surface area contributed by atoms with Gasteiger partial charge in [-0.2, -0.15) is 0 Å². The SMILES string of the molecule is Cc1ccc(C(=O)NC(=Cc2ccc(-c3ccc([N+](=O)[O-])cc3)o2)C(=O)NC2CCCS2(=O)=O)cc1. The van der Waals surface area contributed by atoms with Gasteiger partial charge in [0, 0.05) is 29.3 Å². The van der Waals surface area contributed by atoms with Crippen LogP contribution in [0.3, 0.4) is 0 Å². The summed E-state index contributed by atoms with van der Waals surface area (Å²) in [4.78, 5) is 36.2. The number of sulfone groups is 1. The minimum absolute atomic E-state index is 0.0104. The zero-order chi connectivity index (χ0) is 25.9. The van der Waals surface area contributed by atoms with Gasteiger partial charge in [0.05, 0.1) is 10.7 Å². The highest BCUT2D eigenvalue weighted by molar-refractivity contribution is 7.92.